The number of nitrogens with one attached hydrogen (secondary N) is 1. The number of rotatable bonds is 1. The molecule has 27 heavy (non-hydrogen) atoms. The standard InChI is InChI=1S/C21H15N3O3/c1-11-8-9-15-14(10-11)17-16(21(26)27-15)12(2)22-19-18(17)20(25)24(23-19)13-6-4-3-5-7-13/h3-10H,1-2H3,(H,22,23). The third-order valence-electron chi connectivity index (χ3n) is 4.84. The molecule has 0 saturated carbocycles. The van der Waals surface area contributed by atoms with Crippen LogP contribution in [0.3, 0.4) is 0 Å². The van der Waals surface area contributed by atoms with Crippen LogP contribution in [0.1, 0.15) is 11.3 Å². The molecule has 132 valence electrons. The Labute approximate surface area is 152 Å². The summed E-state index contributed by atoms with van der Waals surface area (Å²) in [6.07, 6.45) is 0. The van der Waals surface area contributed by atoms with E-state index in [4.69, 9.17) is 4.42 Å². The van der Waals surface area contributed by atoms with Crippen molar-refractivity contribution in [3.05, 3.63) is 80.6 Å². The summed E-state index contributed by atoms with van der Waals surface area (Å²) in [7, 11) is 0. The summed E-state index contributed by atoms with van der Waals surface area (Å²) in [5.74, 6) is 0. The molecule has 0 unspecified atom stereocenters. The van der Waals surface area contributed by atoms with E-state index >= 15 is 0 Å². The topological polar surface area (TPSA) is 80.9 Å². The van der Waals surface area contributed by atoms with E-state index in [-0.39, 0.29) is 5.56 Å². The van der Waals surface area contributed by atoms with Crippen LogP contribution in [0.5, 0.6) is 0 Å². The Morgan fingerprint density at radius 3 is 2.52 bits per heavy atom. The van der Waals surface area contributed by atoms with Gasteiger partial charge in [0.1, 0.15) is 5.58 Å². The van der Waals surface area contributed by atoms with Gasteiger partial charge in [-0.05, 0) is 38.1 Å². The predicted octanol–water partition coefficient (Wildman–Crippen LogP) is 3.59. The van der Waals surface area contributed by atoms with Crippen LogP contribution in [0.4, 0.5) is 0 Å². The van der Waals surface area contributed by atoms with Crippen LogP contribution in [0.15, 0.2) is 62.5 Å². The van der Waals surface area contributed by atoms with Crippen LogP contribution in [-0.2, 0) is 0 Å². The summed E-state index contributed by atoms with van der Waals surface area (Å²) < 4.78 is 6.93. The fourth-order valence-electron chi connectivity index (χ4n) is 3.62. The van der Waals surface area contributed by atoms with Crippen LogP contribution in [0.2, 0.25) is 0 Å². The van der Waals surface area contributed by atoms with E-state index in [2.05, 4.69) is 10.1 Å². The lowest BCUT2D eigenvalue weighted by molar-refractivity contribution is 0.569. The van der Waals surface area contributed by atoms with Crippen molar-refractivity contribution >= 4 is 32.8 Å². The van der Waals surface area contributed by atoms with Crippen molar-refractivity contribution in [2.24, 2.45) is 0 Å². The Kier molecular flexibility index (Phi) is 3.12. The summed E-state index contributed by atoms with van der Waals surface area (Å²) in [5, 5.41) is 5.13. The van der Waals surface area contributed by atoms with Gasteiger partial charge < -0.3 is 4.42 Å². The molecule has 5 aromatic rings. The minimum Gasteiger partial charge on any atom is -0.422 e. The van der Waals surface area contributed by atoms with Gasteiger partial charge in [0.2, 0.25) is 0 Å². The first kappa shape index (κ1) is 15.6. The zero-order valence-electron chi connectivity index (χ0n) is 14.7. The number of nitrogens with zero attached hydrogens (tertiary/aromatic N) is 2. The van der Waals surface area contributed by atoms with Gasteiger partial charge in [-0.2, -0.15) is 0 Å². The van der Waals surface area contributed by atoms with E-state index in [1.54, 1.807) is 13.0 Å². The van der Waals surface area contributed by atoms with Gasteiger partial charge in [-0.3, -0.25) is 9.89 Å². The second kappa shape index (κ2) is 5.41. The number of aromatic amines is 1. The van der Waals surface area contributed by atoms with E-state index < -0.39 is 5.63 Å². The van der Waals surface area contributed by atoms with Crippen LogP contribution in [-0.4, -0.2) is 14.8 Å². The summed E-state index contributed by atoms with van der Waals surface area (Å²) >= 11 is 0. The number of fused-ring (bicyclic) bond motifs is 5. The number of hydrogen-bond donors (Lipinski definition) is 1. The normalized spacial score (nSPS) is 11.6. The van der Waals surface area contributed by atoms with Gasteiger partial charge in [-0.15, -0.1) is 0 Å². The van der Waals surface area contributed by atoms with Gasteiger partial charge >= 0.3 is 5.63 Å². The third kappa shape index (κ3) is 2.16. The summed E-state index contributed by atoms with van der Waals surface area (Å²) in [5.41, 5.74) is 2.41. The molecule has 0 aliphatic heterocycles. The van der Waals surface area contributed by atoms with Crippen LogP contribution in [0, 0.1) is 13.8 Å². The average molecular weight is 357 g/mol. The van der Waals surface area contributed by atoms with Gasteiger partial charge in [0, 0.05) is 10.8 Å². The first-order valence-electron chi connectivity index (χ1n) is 8.58. The van der Waals surface area contributed by atoms with Crippen molar-refractivity contribution in [1.82, 2.24) is 14.8 Å². The molecule has 0 fully saturated rings. The molecular formula is C21H15N3O3. The fraction of sp³-hybridized carbons (Fsp3) is 0.0952. The van der Waals surface area contributed by atoms with Crippen LogP contribution < -0.4 is 11.2 Å². The number of pyridine rings is 1. The molecule has 0 amide bonds. The highest BCUT2D eigenvalue weighted by Crippen LogP contribution is 2.29. The van der Waals surface area contributed by atoms with E-state index in [0.29, 0.717) is 38.8 Å². The lowest BCUT2D eigenvalue weighted by Crippen LogP contribution is -2.14. The maximum atomic E-state index is 13.3. The molecule has 0 aliphatic carbocycles. The fourth-order valence-corrected chi connectivity index (χ4v) is 3.62. The molecular weight excluding hydrogens is 342 g/mol. The second-order valence-electron chi connectivity index (χ2n) is 6.65. The van der Waals surface area contributed by atoms with Crippen molar-refractivity contribution < 1.29 is 4.42 Å². The number of hydrogen-bond acceptors (Lipinski definition) is 4. The maximum Gasteiger partial charge on any atom is 0.346 e. The van der Waals surface area contributed by atoms with Gasteiger partial charge in [-0.25, -0.2) is 14.5 Å². The first-order chi connectivity index (χ1) is 13.0. The Morgan fingerprint density at radius 2 is 1.74 bits per heavy atom. The van der Waals surface area contributed by atoms with Gasteiger partial charge in [-0.1, -0.05) is 29.8 Å². The van der Waals surface area contributed by atoms with Crippen molar-refractivity contribution in [2.75, 3.05) is 0 Å². The summed E-state index contributed by atoms with van der Waals surface area (Å²) in [4.78, 5) is 30.3. The Bertz CT molecular complexity index is 1470. The van der Waals surface area contributed by atoms with Gasteiger partial charge in [0.05, 0.1) is 22.2 Å². The van der Waals surface area contributed by atoms with E-state index in [1.807, 2.05) is 49.4 Å². The second-order valence-corrected chi connectivity index (χ2v) is 6.65. The zero-order valence-corrected chi connectivity index (χ0v) is 14.7. The number of H-pyrrole nitrogens is 1. The van der Waals surface area contributed by atoms with Crippen LogP contribution in [0.25, 0.3) is 38.5 Å². The molecule has 3 aromatic heterocycles. The number of para-hydroxylation sites is 1. The van der Waals surface area contributed by atoms with Gasteiger partial charge in [0.15, 0.2) is 5.65 Å². The molecule has 0 atom stereocenters. The molecule has 0 radical (unpaired) electrons. The van der Waals surface area contributed by atoms with Crippen molar-refractivity contribution in [1.29, 1.82) is 0 Å². The molecule has 1 N–H and O–H groups in total. The van der Waals surface area contributed by atoms with Gasteiger partial charge in [0.25, 0.3) is 5.56 Å². The van der Waals surface area contributed by atoms with Crippen molar-refractivity contribution in [2.45, 2.75) is 13.8 Å². The quantitative estimate of drug-likeness (QED) is 0.367. The molecule has 0 saturated heterocycles. The number of benzene rings is 2. The summed E-state index contributed by atoms with van der Waals surface area (Å²) in [6.45, 7) is 3.71. The molecule has 6 nitrogen and oxygen atoms in total. The molecule has 0 aliphatic rings. The van der Waals surface area contributed by atoms with E-state index in [1.165, 1.54) is 4.68 Å². The number of aromatic nitrogens is 3. The Morgan fingerprint density at radius 1 is 0.963 bits per heavy atom. The van der Waals surface area contributed by atoms with Crippen molar-refractivity contribution in [3.63, 3.8) is 0 Å². The highest BCUT2D eigenvalue weighted by Gasteiger charge is 2.20. The first-order valence-corrected chi connectivity index (χ1v) is 8.58. The van der Waals surface area contributed by atoms with Crippen molar-refractivity contribution in [3.8, 4) is 5.69 Å². The molecule has 3 heterocycles. The lowest BCUT2D eigenvalue weighted by atomic mass is 10.0. The Hall–Kier alpha value is -3.67. The lowest BCUT2D eigenvalue weighted by Gasteiger charge is -2.06. The SMILES string of the molecule is Cc1ccc2oc(=O)c3c(C)nc4[nH]n(-c5ccccc5)c(=O)c4c3c2c1. The maximum absolute atomic E-state index is 13.3. The minimum absolute atomic E-state index is 0.248. The molecule has 2 aromatic carbocycles. The van der Waals surface area contributed by atoms with E-state index in [0.717, 1.165) is 10.9 Å². The predicted molar refractivity (Wildman–Crippen MR) is 105 cm³/mol. The zero-order chi connectivity index (χ0) is 18.7. The minimum atomic E-state index is -0.486. The smallest absolute Gasteiger partial charge is 0.346 e. The van der Waals surface area contributed by atoms with Crippen LogP contribution >= 0.6 is 0 Å². The number of aryl methyl sites for hydroxylation is 2. The average Bonchev–Trinajstić information content (AvgIpc) is 2.99. The molecule has 6 heteroatoms. The summed E-state index contributed by atoms with van der Waals surface area (Å²) in [6, 6.07) is 14.8. The highest BCUT2D eigenvalue weighted by atomic mass is 16.4. The monoisotopic (exact) mass is 357 g/mol. The largest absolute Gasteiger partial charge is 0.422 e. The molecule has 0 spiro atoms. The third-order valence-corrected chi connectivity index (χ3v) is 4.84. The van der Waals surface area contributed by atoms with E-state index in [9.17, 15) is 9.59 Å². The molecule has 0 bridgehead atoms. The Balaban J connectivity index is 2.08. The molecule has 5 rings (SSSR count). The highest BCUT2D eigenvalue weighted by molar-refractivity contribution is 6.17.